The van der Waals surface area contributed by atoms with Crippen molar-refractivity contribution < 1.29 is 24.1 Å². The molecule has 0 saturated carbocycles. The van der Waals surface area contributed by atoms with Crippen molar-refractivity contribution in [3.05, 3.63) is 42.5 Å². The SMILES string of the molecule is COc1cc(OC)cc(OCCOc2cccc(O)c2)c1. The van der Waals surface area contributed by atoms with Crippen LogP contribution in [0.25, 0.3) is 0 Å². The van der Waals surface area contributed by atoms with Crippen molar-refractivity contribution in [1.29, 1.82) is 0 Å². The standard InChI is InChI=1S/C16H18O5/c1-18-14-9-15(19-2)11-16(10-14)21-7-6-20-13-5-3-4-12(17)8-13/h3-5,8-11,17H,6-7H2,1-2H3. The Morgan fingerprint density at radius 3 is 1.90 bits per heavy atom. The summed E-state index contributed by atoms with van der Waals surface area (Å²) in [4.78, 5) is 0. The largest absolute Gasteiger partial charge is 0.508 e. The van der Waals surface area contributed by atoms with Crippen molar-refractivity contribution in [1.82, 2.24) is 0 Å². The number of phenolic OH excluding ortho intramolecular Hbond substituents is 1. The van der Waals surface area contributed by atoms with Gasteiger partial charge in [0.25, 0.3) is 0 Å². The van der Waals surface area contributed by atoms with Crippen molar-refractivity contribution in [3.8, 4) is 28.7 Å². The quantitative estimate of drug-likeness (QED) is 0.795. The molecule has 0 bridgehead atoms. The summed E-state index contributed by atoms with van der Waals surface area (Å²) in [5, 5.41) is 9.32. The van der Waals surface area contributed by atoms with Crippen molar-refractivity contribution >= 4 is 0 Å². The molecule has 0 spiro atoms. The lowest BCUT2D eigenvalue weighted by molar-refractivity contribution is 0.215. The van der Waals surface area contributed by atoms with E-state index in [2.05, 4.69) is 0 Å². The van der Waals surface area contributed by atoms with Crippen LogP contribution in [-0.4, -0.2) is 32.5 Å². The van der Waals surface area contributed by atoms with Gasteiger partial charge >= 0.3 is 0 Å². The molecular formula is C16H18O5. The monoisotopic (exact) mass is 290 g/mol. The van der Waals surface area contributed by atoms with Gasteiger partial charge < -0.3 is 24.1 Å². The Morgan fingerprint density at radius 1 is 0.762 bits per heavy atom. The van der Waals surface area contributed by atoms with E-state index in [1.807, 2.05) is 0 Å². The highest BCUT2D eigenvalue weighted by Gasteiger charge is 2.03. The first-order valence-electron chi connectivity index (χ1n) is 6.49. The molecular weight excluding hydrogens is 272 g/mol. The lowest BCUT2D eigenvalue weighted by atomic mass is 10.3. The Hall–Kier alpha value is -2.56. The van der Waals surface area contributed by atoms with Crippen LogP contribution in [-0.2, 0) is 0 Å². The Kier molecular flexibility index (Phi) is 5.15. The second-order valence-corrected chi connectivity index (χ2v) is 4.24. The molecule has 0 radical (unpaired) electrons. The van der Waals surface area contributed by atoms with Crippen molar-refractivity contribution in [2.24, 2.45) is 0 Å². The molecule has 0 heterocycles. The topological polar surface area (TPSA) is 57.2 Å². The van der Waals surface area contributed by atoms with E-state index < -0.39 is 0 Å². The first-order chi connectivity index (χ1) is 10.2. The third-order valence-corrected chi connectivity index (χ3v) is 2.76. The average Bonchev–Trinajstić information content (AvgIpc) is 2.51. The molecule has 2 aromatic carbocycles. The molecule has 0 aliphatic heterocycles. The number of aromatic hydroxyl groups is 1. The van der Waals surface area contributed by atoms with E-state index in [0.717, 1.165) is 0 Å². The average molecular weight is 290 g/mol. The number of hydrogen-bond donors (Lipinski definition) is 1. The van der Waals surface area contributed by atoms with Gasteiger partial charge in [-0.2, -0.15) is 0 Å². The maximum Gasteiger partial charge on any atom is 0.126 e. The molecule has 0 unspecified atom stereocenters. The van der Waals surface area contributed by atoms with Crippen molar-refractivity contribution in [3.63, 3.8) is 0 Å². The zero-order valence-electron chi connectivity index (χ0n) is 12.0. The van der Waals surface area contributed by atoms with Gasteiger partial charge in [-0.05, 0) is 12.1 Å². The lowest BCUT2D eigenvalue weighted by Gasteiger charge is -2.11. The van der Waals surface area contributed by atoms with Gasteiger partial charge in [-0.1, -0.05) is 6.07 Å². The molecule has 0 amide bonds. The van der Waals surface area contributed by atoms with Crippen LogP contribution in [0.4, 0.5) is 0 Å². The zero-order valence-corrected chi connectivity index (χ0v) is 12.0. The van der Waals surface area contributed by atoms with Gasteiger partial charge in [0.15, 0.2) is 0 Å². The molecule has 0 fully saturated rings. The van der Waals surface area contributed by atoms with Gasteiger partial charge in [0.2, 0.25) is 0 Å². The minimum Gasteiger partial charge on any atom is -0.508 e. The van der Waals surface area contributed by atoms with Crippen LogP contribution in [0.2, 0.25) is 0 Å². The Morgan fingerprint density at radius 2 is 1.33 bits per heavy atom. The molecule has 2 aromatic rings. The van der Waals surface area contributed by atoms with Crippen LogP contribution in [0.1, 0.15) is 0 Å². The van der Waals surface area contributed by atoms with Gasteiger partial charge in [-0.25, -0.2) is 0 Å². The van der Waals surface area contributed by atoms with Crippen LogP contribution in [0.15, 0.2) is 42.5 Å². The van der Waals surface area contributed by atoms with Gasteiger partial charge in [0.05, 0.1) is 14.2 Å². The number of rotatable bonds is 7. The number of phenols is 1. The summed E-state index contributed by atoms with van der Waals surface area (Å²) in [7, 11) is 3.17. The molecule has 112 valence electrons. The summed E-state index contributed by atoms with van der Waals surface area (Å²) in [5.41, 5.74) is 0. The van der Waals surface area contributed by atoms with Crippen LogP contribution < -0.4 is 18.9 Å². The second kappa shape index (κ2) is 7.28. The van der Waals surface area contributed by atoms with Gasteiger partial charge in [-0.15, -0.1) is 0 Å². The predicted octanol–water partition coefficient (Wildman–Crippen LogP) is 2.87. The molecule has 0 atom stereocenters. The number of ether oxygens (including phenoxy) is 4. The smallest absolute Gasteiger partial charge is 0.126 e. The summed E-state index contributed by atoms with van der Waals surface area (Å²) in [6.07, 6.45) is 0. The maximum absolute atomic E-state index is 9.32. The van der Waals surface area contributed by atoms with E-state index in [9.17, 15) is 5.11 Å². The number of methoxy groups -OCH3 is 2. The molecule has 5 heteroatoms. The summed E-state index contributed by atoms with van der Waals surface area (Å²) in [6, 6.07) is 12.0. The van der Waals surface area contributed by atoms with E-state index >= 15 is 0 Å². The fourth-order valence-corrected chi connectivity index (χ4v) is 1.76. The molecule has 5 nitrogen and oxygen atoms in total. The van der Waals surface area contributed by atoms with E-state index in [-0.39, 0.29) is 5.75 Å². The Balaban J connectivity index is 1.85. The van der Waals surface area contributed by atoms with Gasteiger partial charge in [-0.3, -0.25) is 0 Å². The normalized spacial score (nSPS) is 10.0. The lowest BCUT2D eigenvalue weighted by Crippen LogP contribution is -2.09. The summed E-state index contributed by atoms with van der Waals surface area (Å²) in [5.74, 6) is 2.75. The minimum atomic E-state index is 0.172. The maximum atomic E-state index is 9.32. The third-order valence-electron chi connectivity index (χ3n) is 2.76. The minimum absolute atomic E-state index is 0.172. The summed E-state index contributed by atoms with van der Waals surface area (Å²) >= 11 is 0. The number of benzene rings is 2. The molecule has 0 aromatic heterocycles. The zero-order chi connectivity index (χ0) is 15.1. The first kappa shape index (κ1) is 14.8. The van der Waals surface area contributed by atoms with E-state index in [0.29, 0.717) is 36.2 Å². The van der Waals surface area contributed by atoms with Crippen LogP contribution in [0, 0.1) is 0 Å². The highest BCUT2D eigenvalue weighted by Crippen LogP contribution is 2.27. The van der Waals surface area contributed by atoms with Crippen molar-refractivity contribution in [2.75, 3.05) is 27.4 Å². The van der Waals surface area contributed by atoms with Gasteiger partial charge in [0.1, 0.15) is 42.0 Å². The van der Waals surface area contributed by atoms with Gasteiger partial charge in [0, 0.05) is 24.3 Å². The van der Waals surface area contributed by atoms with E-state index in [1.165, 1.54) is 0 Å². The van der Waals surface area contributed by atoms with E-state index in [1.54, 1.807) is 56.7 Å². The van der Waals surface area contributed by atoms with Crippen LogP contribution in [0.3, 0.4) is 0 Å². The predicted molar refractivity (Wildman–Crippen MR) is 78.6 cm³/mol. The number of hydrogen-bond acceptors (Lipinski definition) is 5. The molecule has 21 heavy (non-hydrogen) atoms. The Bertz CT molecular complexity index is 560. The first-order valence-corrected chi connectivity index (χ1v) is 6.49. The van der Waals surface area contributed by atoms with Crippen LogP contribution >= 0.6 is 0 Å². The molecule has 2 rings (SSSR count). The summed E-state index contributed by atoms with van der Waals surface area (Å²) < 4.78 is 21.4. The second-order valence-electron chi connectivity index (χ2n) is 4.24. The molecule has 0 aliphatic rings. The summed E-state index contributed by atoms with van der Waals surface area (Å²) in [6.45, 7) is 0.731. The van der Waals surface area contributed by atoms with Crippen molar-refractivity contribution in [2.45, 2.75) is 0 Å². The third kappa shape index (κ3) is 4.49. The fraction of sp³-hybridized carbons (Fsp3) is 0.250. The fourth-order valence-electron chi connectivity index (χ4n) is 1.76. The van der Waals surface area contributed by atoms with E-state index in [4.69, 9.17) is 18.9 Å². The Labute approximate surface area is 123 Å². The van der Waals surface area contributed by atoms with Crippen LogP contribution in [0.5, 0.6) is 28.7 Å². The highest BCUT2D eigenvalue weighted by molar-refractivity contribution is 5.42. The molecule has 0 saturated heterocycles. The molecule has 1 N–H and O–H groups in total. The highest BCUT2D eigenvalue weighted by atomic mass is 16.5. The molecule has 0 aliphatic carbocycles.